The Morgan fingerprint density at radius 3 is 1.50 bits per heavy atom. The van der Waals surface area contributed by atoms with E-state index in [0.29, 0.717) is 40.6 Å². The van der Waals surface area contributed by atoms with Crippen molar-refractivity contribution in [3.05, 3.63) is 143 Å². The van der Waals surface area contributed by atoms with E-state index in [-0.39, 0.29) is 20.1 Å². The van der Waals surface area contributed by atoms with Gasteiger partial charge in [0, 0.05) is 56.3 Å². The fourth-order valence-corrected chi connectivity index (χ4v) is 7.04. The second kappa shape index (κ2) is 20.4. The molecule has 0 fully saturated rings. The molecular weight excluding hydrogens is 756 g/mol. The highest BCUT2D eigenvalue weighted by molar-refractivity contribution is 6.54. The van der Waals surface area contributed by atoms with Gasteiger partial charge >= 0.3 is 0 Å². The molecule has 4 aromatic carbocycles. The number of pyridine rings is 2. The number of hydrogen-bond donors (Lipinski definition) is 2. The summed E-state index contributed by atoms with van der Waals surface area (Å²) in [6.07, 6.45) is 3.52. The molecule has 4 N–H and O–H groups in total. The Balaban J connectivity index is 0.000000184. The quantitative estimate of drug-likeness (QED) is 0.0737. The van der Waals surface area contributed by atoms with Crippen LogP contribution in [0.4, 0.5) is 11.4 Å². The topological polar surface area (TPSA) is 140 Å². The average Bonchev–Trinajstić information content (AvgIpc) is 3.78. The number of hydrogen-bond acceptors (Lipinski definition) is 7. The molecular formula is C51H59AlN6O2. The molecule has 0 bridgehead atoms. The molecule has 9 heteroatoms. The lowest BCUT2D eigenvalue weighted by Gasteiger charge is -2.18. The van der Waals surface area contributed by atoms with Crippen molar-refractivity contribution in [1.82, 2.24) is 9.97 Å². The molecule has 0 aliphatic carbocycles. The highest BCUT2D eigenvalue weighted by Gasteiger charge is 2.23. The average molecular weight is 815 g/mol. The molecule has 0 aliphatic rings. The van der Waals surface area contributed by atoms with E-state index in [9.17, 15) is 0 Å². The van der Waals surface area contributed by atoms with Crippen molar-refractivity contribution in [2.24, 2.45) is 10.7 Å². The number of aromatic nitrogens is 2. The largest absolute Gasteiger partial charge is 0.437 e. The van der Waals surface area contributed by atoms with Crippen LogP contribution in [0.15, 0.2) is 123 Å². The third kappa shape index (κ3) is 10.4. The van der Waals surface area contributed by atoms with Crippen molar-refractivity contribution in [3.8, 4) is 6.07 Å². The Morgan fingerprint density at radius 1 is 0.617 bits per heavy atom. The molecule has 8 aromatic rings. The van der Waals surface area contributed by atoms with Crippen molar-refractivity contribution in [3.63, 3.8) is 0 Å². The minimum Gasteiger partial charge on any atom is -0.437 e. The maximum absolute atomic E-state index is 8.29. The van der Waals surface area contributed by atoms with Crippen LogP contribution >= 0.6 is 0 Å². The third-order valence-corrected chi connectivity index (χ3v) is 9.83. The lowest BCUT2D eigenvalue weighted by molar-refractivity contribution is 0.642. The number of fused-ring (bicyclic) bond motifs is 6. The van der Waals surface area contributed by atoms with Gasteiger partial charge in [0.05, 0.1) is 17.3 Å². The summed E-state index contributed by atoms with van der Waals surface area (Å²) >= 11 is -0.139. The second-order valence-corrected chi connectivity index (χ2v) is 20.3. The van der Waals surface area contributed by atoms with Gasteiger partial charge in [0.25, 0.3) is 14.1 Å². The first-order valence-corrected chi connectivity index (χ1v) is 24.4. The molecule has 0 radical (unpaired) electrons. The number of rotatable bonds is 6. The van der Waals surface area contributed by atoms with Gasteiger partial charge in [-0.25, -0.2) is 15.0 Å². The molecule has 0 aliphatic heterocycles. The lowest BCUT2D eigenvalue weighted by atomic mass is 9.90. The first-order chi connectivity index (χ1) is 28.6. The minimum atomic E-state index is -0.139. The van der Waals surface area contributed by atoms with Crippen LogP contribution in [-0.2, 0) is 0 Å². The monoisotopic (exact) mass is 814 g/mol. The SMILES string of the molecule is CC(C)c1cc2c(oc3ncccc32)c(C(C)C)c1N.CC(C)c1cc2c(oc3ncccc32)c(C(C)C)c1N=C(N)c1ccccc1.N#Cc1ccccc1.[CH3][Al]([CH3])[CH3]. The highest BCUT2D eigenvalue weighted by Crippen LogP contribution is 2.44. The van der Waals surface area contributed by atoms with Crippen LogP contribution in [0.25, 0.3) is 44.1 Å². The fraction of sp³-hybridized carbons (Fsp3) is 0.294. The van der Waals surface area contributed by atoms with Gasteiger partial charge < -0.3 is 20.3 Å². The zero-order valence-electron chi connectivity index (χ0n) is 37.0. The molecule has 0 spiro atoms. The van der Waals surface area contributed by atoms with Crippen LogP contribution in [0.2, 0.25) is 17.4 Å². The number of aliphatic imine (C=N–C) groups is 1. The number of nitriles is 1. The van der Waals surface area contributed by atoms with Gasteiger partial charge in [-0.15, -0.1) is 17.4 Å². The predicted molar refractivity (Wildman–Crippen MR) is 255 cm³/mol. The van der Waals surface area contributed by atoms with E-state index in [2.05, 4.69) is 107 Å². The summed E-state index contributed by atoms with van der Waals surface area (Å²) in [5.74, 6) is 8.66. The molecule has 0 amide bonds. The summed E-state index contributed by atoms with van der Waals surface area (Å²) in [5.41, 5.74) is 23.8. The number of nitrogens with zero attached hydrogens (tertiary/aromatic N) is 4. The first-order valence-electron chi connectivity index (χ1n) is 20.9. The number of amidine groups is 1. The maximum Gasteiger partial charge on any atom is 0.251 e. The molecule has 8 rings (SSSR count). The highest BCUT2D eigenvalue weighted by atomic mass is 27.2. The number of benzene rings is 4. The van der Waals surface area contributed by atoms with Gasteiger partial charge in [-0.1, -0.05) is 104 Å². The zero-order chi connectivity index (χ0) is 43.7. The Morgan fingerprint density at radius 2 is 1.07 bits per heavy atom. The van der Waals surface area contributed by atoms with E-state index >= 15 is 0 Å². The van der Waals surface area contributed by atoms with Crippen LogP contribution in [0, 0.1) is 11.3 Å². The normalized spacial score (nSPS) is 11.4. The van der Waals surface area contributed by atoms with E-state index < -0.39 is 0 Å². The summed E-state index contributed by atoms with van der Waals surface area (Å²) in [4.78, 5) is 13.6. The summed E-state index contributed by atoms with van der Waals surface area (Å²) < 4.78 is 12.2. The molecule has 4 heterocycles. The van der Waals surface area contributed by atoms with Crippen LogP contribution in [0.1, 0.15) is 112 Å². The number of nitrogens with two attached hydrogens (primary N) is 2. The summed E-state index contributed by atoms with van der Waals surface area (Å²) in [6, 6.07) is 33.4. The summed E-state index contributed by atoms with van der Waals surface area (Å²) in [6.45, 7) is 17.3. The predicted octanol–water partition coefficient (Wildman–Crippen LogP) is 14.0. The van der Waals surface area contributed by atoms with Crippen molar-refractivity contribution in [2.45, 2.75) is 96.4 Å². The van der Waals surface area contributed by atoms with Crippen molar-refractivity contribution < 1.29 is 8.83 Å². The van der Waals surface area contributed by atoms with Gasteiger partial charge in [-0.2, -0.15) is 5.26 Å². The third-order valence-electron chi connectivity index (χ3n) is 9.83. The van der Waals surface area contributed by atoms with Crippen LogP contribution < -0.4 is 11.5 Å². The molecule has 0 unspecified atom stereocenters. The second-order valence-electron chi connectivity index (χ2n) is 16.9. The zero-order valence-corrected chi connectivity index (χ0v) is 38.2. The van der Waals surface area contributed by atoms with Gasteiger partial charge in [-0.3, -0.25) is 0 Å². The van der Waals surface area contributed by atoms with Gasteiger partial charge in [0.1, 0.15) is 17.0 Å². The van der Waals surface area contributed by atoms with Crippen LogP contribution in [0.5, 0.6) is 0 Å². The molecule has 0 saturated carbocycles. The van der Waals surface area contributed by atoms with E-state index in [1.807, 2.05) is 66.7 Å². The summed E-state index contributed by atoms with van der Waals surface area (Å²) in [7, 11) is 0. The van der Waals surface area contributed by atoms with Crippen molar-refractivity contribution in [1.29, 1.82) is 5.26 Å². The molecule has 0 atom stereocenters. The van der Waals surface area contributed by atoms with E-state index in [1.54, 1.807) is 24.5 Å². The van der Waals surface area contributed by atoms with Crippen molar-refractivity contribution in [2.75, 3.05) is 5.73 Å². The van der Waals surface area contributed by atoms with Gasteiger partial charge in [0.15, 0.2) is 0 Å². The molecule has 308 valence electrons. The Labute approximate surface area is 359 Å². The number of anilines is 1. The van der Waals surface area contributed by atoms with E-state index in [1.165, 1.54) is 11.1 Å². The maximum atomic E-state index is 8.29. The standard InChI is InChI=1S/C24H25N3O.C17H20N2O.C7H5N.3CH3.Al/c1-14(2)18-13-19-17-11-8-12-26-24(17)28-22(19)20(15(3)4)21(18)27-23(25)16-9-6-5-7-10-16;1-9(2)12-8-13-11-6-5-7-19-17(11)20-16(13)14(10(3)4)15(12)18;8-6-7-4-2-1-3-5-7;;;;/h5-15H,1-4H3,(H2,25,27);5-10H,18H2,1-4H3;1-5H;3*1H3;. The van der Waals surface area contributed by atoms with Crippen LogP contribution in [-0.4, -0.2) is 30.0 Å². The first kappa shape index (κ1) is 45.2. The molecule has 60 heavy (non-hydrogen) atoms. The van der Waals surface area contributed by atoms with Crippen molar-refractivity contribution >= 4 is 75.5 Å². The van der Waals surface area contributed by atoms with Crippen LogP contribution in [0.3, 0.4) is 0 Å². The smallest absolute Gasteiger partial charge is 0.251 e. The molecule has 4 aromatic heterocycles. The fourth-order valence-electron chi connectivity index (χ4n) is 7.04. The number of nitrogen functional groups attached to an aromatic ring is 1. The summed E-state index contributed by atoms with van der Waals surface area (Å²) in [5, 5.41) is 12.6. The molecule has 0 saturated heterocycles. The van der Waals surface area contributed by atoms with Gasteiger partial charge in [0.2, 0.25) is 11.4 Å². The molecule has 8 nitrogen and oxygen atoms in total. The Bertz CT molecular complexity index is 2740. The van der Waals surface area contributed by atoms with E-state index in [0.717, 1.165) is 60.8 Å². The lowest BCUT2D eigenvalue weighted by Crippen LogP contribution is -2.13. The minimum absolute atomic E-state index is 0.139. The number of furan rings is 2. The Hall–Kier alpha value is -5.93. The van der Waals surface area contributed by atoms with Gasteiger partial charge in [-0.05, 0) is 83.3 Å². The Kier molecular flexibility index (Phi) is 15.3. The van der Waals surface area contributed by atoms with E-state index in [4.69, 9.17) is 30.6 Å².